The molecule has 0 atom stereocenters. The van der Waals surface area contributed by atoms with Gasteiger partial charge in [0.1, 0.15) is 6.73 Å². The number of anilines is 1. The van der Waals surface area contributed by atoms with Crippen LogP contribution in [0, 0.1) is 13.8 Å². The van der Waals surface area contributed by atoms with Crippen molar-refractivity contribution in [2.24, 2.45) is 0 Å². The number of aliphatic hydroxyl groups is 1. The summed E-state index contributed by atoms with van der Waals surface area (Å²) in [6, 6.07) is 6.24. The van der Waals surface area contributed by atoms with E-state index in [1.54, 1.807) is 4.90 Å². The van der Waals surface area contributed by atoms with Crippen LogP contribution >= 0.6 is 0 Å². The van der Waals surface area contributed by atoms with Crippen molar-refractivity contribution in [1.82, 2.24) is 0 Å². The Hall–Kier alpha value is -1.02. The zero-order valence-electron chi connectivity index (χ0n) is 7.83. The first-order chi connectivity index (χ1) is 5.63. The van der Waals surface area contributed by atoms with Gasteiger partial charge in [0.2, 0.25) is 0 Å². The average Bonchev–Trinajstić information content (AvgIpc) is 2.01. The molecule has 0 aromatic heterocycles. The molecule has 1 N–H and O–H groups in total. The van der Waals surface area contributed by atoms with Crippen LogP contribution in [0.3, 0.4) is 0 Å². The lowest BCUT2D eigenvalue weighted by atomic mass is 10.1. The summed E-state index contributed by atoms with van der Waals surface area (Å²) in [7, 11) is 1.87. The molecule has 2 heteroatoms. The third-order valence-corrected chi connectivity index (χ3v) is 1.86. The highest BCUT2D eigenvalue weighted by atomic mass is 16.3. The molecule has 0 aliphatic rings. The first-order valence-corrected chi connectivity index (χ1v) is 4.04. The van der Waals surface area contributed by atoms with Gasteiger partial charge in [-0.05, 0) is 37.1 Å². The van der Waals surface area contributed by atoms with Gasteiger partial charge in [-0.3, -0.25) is 0 Å². The fraction of sp³-hybridized carbons (Fsp3) is 0.400. The number of aryl methyl sites for hydroxylation is 2. The van der Waals surface area contributed by atoms with Gasteiger partial charge in [-0.25, -0.2) is 0 Å². The van der Waals surface area contributed by atoms with Crippen molar-refractivity contribution in [3.63, 3.8) is 0 Å². The van der Waals surface area contributed by atoms with Gasteiger partial charge in [-0.2, -0.15) is 0 Å². The summed E-state index contributed by atoms with van der Waals surface area (Å²) < 4.78 is 0. The van der Waals surface area contributed by atoms with Gasteiger partial charge in [0.25, 0.3) is 0 Å². The Balaban J connectivity index is 3.00. The predicted octanol–water partition coefficient (Wildman–Crippen LogP) is 1.69. The van der Waals surface area contributed by atoms with Crippen molar-refractivity contribution >= 4 is 5.69 Å². The van der Waals surface area contributed by atoms with Crippen LogP contribution in [0.15, 0.2) is 18.2 Å². The van der Waals surface area contributed by atoms with Gasteiger partial charge in [0.05, 0.1) is 0 Å². The van der Waals surface area contributed by atoms with Crippen molar-refractivity contribution in [2.45, 2.75) is 13.8 Å². The van der Waals surface area contributed by atoms with E-state index in [0.717, 1.165) is 5.69 Å². The van der Waals surface area contributed by atoms with E-state index in [9.17, 15) is 0 Å². The maximum Gasteiger partial charge on any atom is 0.115 e. The molecule has 66 valence electrons. The van der Waals surface area contributed by atoms with Gasteiger partial charge in [0.15, 0.2) is 0 Å². The van der Waals surface area contributed by atoms with Crippen LogP contribution in [0.2, 0.25) is 0 Å². The molecule has 1 aromatic carbocycles. The van der Waals surface area contributed by atoms with E-state index in [1.165, 1.54) is 11.1 Å². The Kier molecular flexibility index (Phi) is 2.71. The zero-order valence-corrected chi connectivity index (χ0v) is 7.83. The third kappa shape index (κ3) is 1.98. The summed E-state index contributed by atoms with van der Waals surface area (Å²) in [6.07, 6.45) is 0. The van der Waals surface area contributed by atoms with Crippen LogP contribution in [0.5, 0.6) is 0 Å². The number of benzene rings is 1. The van der Waals surface area contributed by atoms with Crippen LogP contribution in [0.25, 0.3) is 0 Å². The van der Waals surface area contributed by atoms with Crippen molar-refractivity contribution in [2.75, 3.05) is 18.7 Å². The molecule has 12 heavy (non-hydrogen) atoms. The van der Waals surface area contributed by atoms with Gasteiger partial charge >= 0.3 is 0 Å². The molecule has 0 aliphatic carbocycles. The Bertz CT molecular complexity index is 250. The topological polar surface area (TPSA) is 23.5 Å². The molecule has 0 radical (unpaired) electrons. The minimum absolute atomic E-state index is 0.0584. The highest BCUT2D eigenvalue weighted by molar-refractivity contribution is 5.49. The van der Waals surface area contributed by atoms with Gasteiger partial charge < -0.3 is 10.0 Å². The van der Waals surface area contributed by atoms with Crippen molar-refractivity contribution in [3.05, 3.63) is 29.3 Å². The van der Waals surface area contributed by atoms with Crippen LogP contribution < -0.4 is 4.90 Å². The van der Waals surface area contributed by atoms with Crippen LogP contribution in [-0.2, 0) is 0 Å². The maximum absolute atomic E-state index is 8.90. The zero-order chi connectivity index (χ0) is 9.14. The Morgan fingerprint density at radius 1 is 1.17 bits per heavy atom. The molecule has 0 amide bonds. The normalized spacial score (nSPS) is 10.0. The lowest BCUT2D eigenvalue weighted by Gasteiger charge is -2.16. The third-order valence-electron chi connectivity index (χ3n) is 1.86. The van der Waals surface area contributed by atoms with E-state index in [1.807, 2.05) is 7.05 Å². The first kappa shape index (κ1) is 9.07. The minimum atomic E-state index is 0.0584. The maximum atomic E-state index is 8.90. The lowest BCUT2D eigenvalue weighted by molar-refractivity contribution is 0.298. The molecule has 0 bridgehead atoms. The molecule has 0 fully saturated rings. The molecular formula is C10H15NO. The standard InChI is InChI=1S/C10H15NO/c1-8-4-9(2)6-10(5-8)11(3)7-12/h4-6,12H,7H2,1-3H3. The smallest absolute Gasteiger partial charge is 0.115 e. The molecule has 0 heterocycles. The quantitative estimate of drug-likeness (QED) is 0.674. The van der Waals surface area contributed by atoms with E-state index in [0.29, 0.717) is 0 Å². The van der Waals surface area contributed by atoms with Crippen LogP contribution in [0.4, 0.5) is 5.69 Å². The summed E-state index contributed by atoms with van der Waals surface area (Å²) in [6.45, 7) is 4.17. The largest absolute Gasteiger partial charge is 0.376 e. The van der Waals surface area contributed by atoms with E-state index in [-0.39, 0.29) is 6.73 Å². The summed E-state index contributed by atoms with van der Waals surface area (Å²) in [5.41, 5.74) is 3.52. The summed E-state index contributed by atoms with van der Waals surface area (Å²) >= 11 is 0. The lowest BCUT2D eigenvalue weighted by Crippen LogP contribution is -2.17. The van der Waals surface area contributed by atoms with Crippen molar-refractivity contribution < 1.29 is 5.11 Å². The molecule has 1 rings (SSSR count). The second-order valence-electron chi connectivity index (χ2n) is 3.19. The van der Waals surface area contributed by atoms with E-state index in [4.69, 9.17) is 5.11 Å². The predicted molar refractivity (Wildman–Crippen MR) is 51.4 cm³/mol. The van der Waals surface area contributed by atoms with E-state index >= 15 is 0 Å². The summed E-state index contributed by atoms with van der Waals surface area (Å²) in [5, 5.41) is 8.90. The Morgan fingerprint density at radius 3 is 2.08 bits per heavy atom. The average molecular weight is 165 g/mol. The molecule has 0 spiro atoms. The Morgan fingerprint density at radius 2 is 1.67 bits per heavy atom. The molecule has 0 unspecified atom stereocenters. The van der Waals surface area contributed by atoms with E-state index < -0.39 is 0 Å². The molecule has 0 aliphatic heterocycles. The summed E-state index contributed by atoms with van der Waals surface area (Å²) in [4.78, 5) is 1.81. The number of rotatable bonds is 2. The molecule has 0 saturated heterocycles. The molecule has 2 nitrogen and oxygen atoms in total. The Labute approximate surface area is 73.4 Å². The van der Waals surface area contributed by atoms with Gasteiger partial charge in [0, 0.05) is 12.7 Å². The fourth-order valence-corrected chi connectivity index (χ4v) is 1.25. The molecule has 0 saturated carbocycles. The minimum Gasteiger partial charge on any atom is -0.376 e. The fourth-order valence-electron chi connectivity index (χ4n) is 1.25. The highest BCUT2D eigenvalue weighted by Gasteiger charge is 1.99. The van der Waals surface area contributed by atoms with Crippen molar-refractivity contribution in [3.8, 4) is 0 Å². The van der Waals surface area contributed by atoms with E-state index in [2.05, 4.69) is 32.0 Å². The second kappa shape index (κ2) is 3.59. The highest BCUT2D eigenvalue weighted by Crippen LogP contribution is 2.16. The van der Waals surface area contributed by atoms with Gasteiger partial charge in [-0.15, -0.1) is 0 Å². The van der Waals surface area contributed by atoms with Crippen LogP contribution in [0.1, 0.15) is 11.1 Å². The number of nitrogens with zero attached hydrogens (tertiary/aromatic N) is 1. The molecular weight excluding hydrogens is 150 g/mol. The van der Waals surface area contributed by atoms with Gasteiger partial charge in [-0.1, -0.05) is 6.07 Å². The van der Waals surface area contributed by atoms with Crippen molar-refractivity contribution in [1.29, 1.82) is 0 Å². The second-order valence-corrected chi connectivity index (χ2v) is 3.19. The SMILES string of the molecule is Cc1cc(C)cc(N(C)CO)c1. The molecule has 1 aromatic rings. The monoisotopic (exact) mass is 165 g/mol. The number of aliphatic hydroxyl groups excluding tert-OH is 1. The number of hydrogen-bond donors (Lipinski definition) is 1. The number of hydrogen-bond acceptors (Lipinski definition) is 2. The summed E-state index contributed by atoms with van der Waals surface area (Å²) in [5.74, 6) is 0. The first-order valence-electron chi connectivity index (χ1n) is 4.04. The van der Waals surface area contributed by atoms with Crippen LogP contribution in [-0.4, -0.2) is 18.9 Å².